The van der Waals surface area contributed by atoms with E-state index in [1.165, 1.54) is 32.2 Å². The third-order valence-electron chi connectivity index (χ3n) is 2.67. The summed E-state index contributed by atoms with van der Waals surface area (Å²) in [5, 5.41) is 0. The second kappa shape index (κ2) is 9.45. The first-order valence-corrected chi connectivity index (χ1v) is 5.85. The molecule has 0 aliphatic carbocycles. The molecule has 1 fully saturated rings. The molecule has 2 heteroatoms. The lowest BCUT2D eigenvalue weighted by molar-refractivity contribution is 0.324. The van der Waals surface area contributed by atoms with E-state index < -0.39 is 0 Å². The topological polar surface area (TPSA) is 3.24 Å². The van der Waals surface area contributed by atoms with Crippen LogP contribution >= 0.6 is 0 Å². The maximum atomic E-state index is 2.47. The molecule has 88 valence electrons. The van der Waals surface area contributed by atoms with Gasteiger partial charge in [0.25, 0.3) is 0 Å². The van der Waals surface area contributed by atoms with Crippen LogP contribution in [0.1, 0.15) is 53.4 Å². The summed E-state index contributed by atoms with van der Waals surface area (Å²) in [6.07, 6.45) is 5.45. The Morgan fingerprint density at radius 2 is 1.71 bits per heavy atom. The molecule has 1 aliphatic heterocycles. The van der Waals surface area contributed by atoms with E-state index in [1.807, 2.05) is 0 Å². The molecule has 0 spiro atoms. The van der Waals surface area contributed by atoms with E-state index in [0.717, 1.165) is 12.0 Å². The molecule has 1 aliphatic rings. The highest BCUT2D eigenvalue weighted by Crippen LogP contribution is 2.24. The van der Waals surface area contributed by atoms with Gasteiger partial charge in [0.2, 0.25) is 0 Å². The van der Waals surface area contributed by atoms with Crippen molar-refractivity contribution in [2.75, 3.05) is 13.6 Å². The summed E-state index contributed by atoms with van der Waals surface area (Å²) < 4.78 is 0. The summed E-state index contributed by atoms with van der Waals surface area (Å²) in [4.78, 5) is 2.47. The zero-order chi connectivity index (χ0) is 10.3. The molecule has 1 heterocycles. The molecule has 0 bridgehead atoms. The predicted molar refractivity (Wildman–Crippen MR) is 63.6 cm³/mol. The smallest absolute Gasteiger partial charge is 0.00671 e. The van der Waals surface area contributed by atoms with Gasteiger partial charge in [-0.3, -0.25) is 4.70 Å². The molecule has 0 saturated carbocycles. The molecular weight excluding hydrogens is 177 g/mol. The van der Waals surface area contributed by atoms with Gasteiger partial charge in [-0.05, 0) is 32.7 Å². The van der Waals surface area contributed by atoms with Gasteiger partial charge in [0, 0.05) is 12.6 Å². The summed E-state index contributed by atoms with van der Waals surface area (Å²) in [7, 11) is 2.24. The zero-order valence-corrected chi connectivity index (χ0v) is 10.5. The van der Waals surface area contributed by atoms with Crippen LogP contribution in [0.4, 0.5) is 4.70 Å². The Morgan fingerprint density at radius 1 is 1.21 bits per heavy atom. The van der Waals surface area contributed by atoms with Crippen LogP contribution < -0.4 is 0 Å². The predicted octanol–water partition coefficient (Wildman–Crippen LogP) is 3.70. The van der Waals surface area contributed by atoms with Crippen LogP contribution in [0.25, 0.3) is 0 Å². The third kappa shape index (κ3) is 6.36. The first-order valence-electron chi connectivity index (χ1n) is 5.85. The first kappa shape index (κ1) is 16.3. The van der Waals surface area contributed by atoms with Crippen LogP contribution in [0.2, 0.25) is 0 Å². The van der Waals surface area contributed by atoms with E-state index in [2.05, 4.69) is 39.6 Å². The van der Waals surface area contributed by atoms with Gasteiger partial charge in [-0.2, -0.15) is 0 Å². The van der Waals surface area contributed by atoms with E-state index >= 15 is 0 Å². The van der Waals surface area contributed by atoms with Crippen molar-refractivity contribution in [1.29, 1.82) is 0 Å². The maximum Gasteiger partial charge on any atom is 0.00671 e. The largest absolute Gasteiger partial charge is 0.303 e. The molecule has 1 rings (SSSR count). The minimum atomic E-state index is 0. The Balaban J connectivity index is 0. The summed E-state index contributed by atoms with van der Waals surface area (Å²) in [5.41, 5.74) is 0. The van der Waals surface area contributed by atoms with Crippen LogP contribution in [0.5, 0.6) is 0 Å². The molecule has 0 amide bonds. The van der Waals surface area contributed by atoms with Crippen molar-refractivity contribution in [3.8, 4) is 0 Å². The third-order valence-corrected chi connectivity index (χ3v) is 2.67. The lowest BCUT2D eigenvalue weighted by Crippen LogP contribution is -2.21. The number of halogens is 1. The van der Waals surface area contributed by atoms with Crippen molar-refractivity contribution in [3.63, 3.8) is 0 Å². The van der Waals surface area contributed by atoms with Gasteiger partial charge in [0.1, 0.15) is 0 Å². The molecule has 0 aromatic heterocycles. The van der Waals surface area contributed by atoms with E-state index in [0.29, 0.717) is 0 Å². The molecule has 2 atom stereocenters. The minimum Gasteiger partial charge on any atom is -0.303 e. The monoisotopic (exact) mass is 205 g/mol. The Morgan fingerprint density at radius 3 is 2.00 bits per heavy atom. The van der Waals surface area contributed by atoms with Crippen LogP contribution in [-0.2, 0) is 0 Å². The first-order chi connectivity index (χ1) is 6.15. The molecule has 0 unspecified atom stereocenters. The Bertz CT molecular complexity index is 107. The Kier molecular flexibility index (Phi) is 11.0. The summed E-state index contributed by atoms with van der Waals surface area (Å²) in [5.74, 6) is 0.991. The van der Waals surface area contributed by atoms with Crippen molar-refractivity contribution >= 4 is 0 Å². The number of nitrogens with zero attached hydrogens (tertiary/aromatic N) is 1. The molecule has 1 nitrogen and oxygen atoms in total. The fraction of sp³-hybridized carbons (Fsp3) is 1.00. The average Bonchev–Trinajstić information content (AvgIpc) is 2.33. The quantitative estimate of drug-likeness (QED) is 0.664. The van der Waals surface area contributed by atoms with E-state index in [1.54, 1.807) is 0 Å². The standard InChI is InChI=1S/C9H19N.C3H8.FH/c1-4-5-9-6-8(2)10(3)7-9;1-3-2;/h8-9H,4-7H2,1-3H3;3H2,1-2H3;1H/t8-,9+;;/m1../s1. The van der Waals surface area contributed by atoms with Gasteiger partial charge < -0.3 is 4.90 Å². The van der Waals surface area contributed by atoms with E-state index in [-0.39, 0.29) is 4.70 Å². The molecule has 0 N–H and O–H groups in total. The van der Waals surface area contributed by atoms with Crippen molar-refractivity contribution in [1.82, 2.24) is 4.90 Å². The van der Waals surface area contributed by atoms with Gasteiger partial charge in [-0.15, -0.1) is 0 Å². The van der Waals surface area contributed by atoms with Crippen molar-refractivity contribution in [2.45, 2.75) is 59.4 Å². The van der Waals surface area contributed by atoms with E-state index in [9.17, 15) is 0 Å². The van der Waals surface area contributed by atoms with Gasteiger partial charge >= 0.3 is 0 Å². The van der Waals surface area contributed by atoms with Crippen LogP contribution in [0, 0.1) is 5.92 Å². The molecule has 0 aromatic carbocycles. The van der Waals surface area contributed by atoms with Gasteiger partial charge in [-0.25, -0.2) is 0 Å². The molecule has 0 radical (unpaired) electrons. The van der Waals surface area contributed by atoms with Gasteiger partial charge in [-0.1, -0.05) is 33.6 Å². The number of rotatable bonds is 2. The number of likely N-dealkylation sites (tertiary alicyclic amines) is 1. The summed E-state index contributed by atoms with van der Waals surface area (Å²) in [6, 6.07) is 0.830. The SMILES string of the molecule is CCC.CCC[C@H]1C[C@@H](C)N(C)C1.F. The fourth-order valence-electron chi connectivity index (χ4n) is 1.94. The molecule has 0 aromatic rings. The van der Waals surface area contributed by atoms with Crippen molar-refractivity contribution < 1.29 is 4.70 Å². The Hall–Kier alpha value is -0.110. The summed E-state index contributed by atoms with van der Waals surface area (Å²) >= 11 is 0. The van der Waals surface area contributed by atoms with Crippen LogP contribution in [0.15, 0.2) is 0 Å². The second-order valence-electron chi connectivity index (χ2n) is 4.39. The normalized spacial score (nSPS) is 26.4. The van der Waals surface area contributed by atoms with Crippen molar-refractivity contribution in [3.05, 3.63) is 0 Å². The minimum absolute atomic E-state index is 0. The van der Waals surface area contributed by atoms with Gasteiger partial charge in [0.15, 0.2) is 0 Å². The summed E-state index contributed by atoms with van der Waals surface area (Å²) in [6.45, 7) is 10.2. The van der Waals surface area contributed by atoms with Crippen LogP contribution in [0.3, 0.4) is 0 Å². The van der Waals surface area contributed by atoms with Crippen LogP contribution in [-0.4, -0.2) is 24.5 Å². The molecule has 14 heavy (non-hydrogen) atoms. The highest BCUT2D eigenvalue weighted by Gasteiger charge is 2.24. The van der Waals surface area contributed by atoms with E-state index in [4.69, 9.17) is 0 Å². The average molecular weight is 205 g/mol. The number of hydrogen-bond donors (Lipinski definition) is 0. The second-order valence-corrected chi connectivity index (χ2v) is 4.39. The highest BCUT2D eigenvalue weighted by atomic mass is 19.0. The fourth-order valence-corrected chi connectivity index (χ4v) is 1.94. The lowest BCUT2D eigenvalue weighted by atomic mass is 10.0. The molecular formula is C12H28FN. The number of hydrogen-bond acceptors (Lipinski definition) is 1. The highest BCUT2D eigenvalue weighted by molar-refractivity contribution is 4.79. The van der Waals surface area contributed by atoms with Crippen molar-refractivity contribution in [2.24, 2.45) is 5.92 Å². The lowest BCUT2D eigenvalue weighted by Gasteiger charge is -2.12. The Labute approximate surface area is 89.2 Å². The molecule has 1 saturated heterocycles. The maximum absolute atomic E-state index is 2.47. The van der Waals surface area contributed by atoms with Gasteiger partial charge in [0.05, 0.1) is 0 Å². The zero-order valence-electron chi connectivity index (χ0n) is 10.5.